The molecule has 0 spiro atoms. The topological polar surface area (TPSA) is 12.9 Å². The van der Waals surface area contributed by atoms with Crippen molar-refractivity contribution in [2.24, 2.45) is 0 Å². The van der Waals surface area contributed by atoms with Gasteiger partial charge in [0.25, 0.3) is 0 Å². The van der Waals surface area contributed by atoms with Gasteiger partial charge in [0.15, 0.2) is 0 Å². The number of fused-ring (bicyclic) bond motifs is 1. The number of pyridine rings is 1. The molecule has 2 aromatic rings. The molecule has 69 valence electrons. The van der Waals surface area contributed by atoms with Crippen molar-refractivity contribution < 1.29 is 0 Å². The highest BCUT2D eigenvalue weighted by Gasteiger charge is 1.94. The fraction of sp³-hybridized carbons (Fsp3) is 0.0769. The van der Waals surface area contributed by atoms with E-state index in [1.165, 1.54) is 10.9 Å². The lowest BCUT2D eigenvalue weighted by molar-refractivity contribution is 1.22. The number of para-hydroxylation sites is 1. The Hall–Kier alpha value is -1.63. The normalized spacial score (nSPS) is 11.2. The van der Waals surface area contributed by atoms with Gasteiger partial charge in [0.1, 0.15) is 0 Å². The van der Waals surface area contributed by atoms with Crippen LogP contribution in [-0.2, 0) is 6.42 Å². The Balaban J connectivity index is 2.41. The van der Waals surface area contributed by atoms with Crippen LogP contribution in [0.2, 0.25) is 0 Å². The van der Waals surface area contributed by atoms with Crippen molar-refractivity contribution in [2.45, 2.75) is 6.42 Å². The highest BCUT2D eigenvalue weighted by molar-refractivity contribution is 5.78. The molecule has 0 fully saturated rings. The number of nitrogens with zero attached hydrogens (tertiary/aromatic N) is 1. The van der Waals surface area contributed by atoms with Crippen LogP contribution in [0.4, 0.5) is 0 Å². The van der Waals surface area contributed by atoms with E-state index in [1.807, 2.05) is 36.5 Å². The molecule has 1 aromatic carbocycles. The Morgan fingerprint density at radius 2 is 2.14 bits per heavy atom. The van der Waals surface area contributed by atoms with Crippen molar-refractivity contribution in [1.29, 1.82) is 0 Å². The number of hydrogen-bond acceptors (Lipinski definition) is 1. The Morgan fingerprint density at radius 3 is 3.00 bits per heavy atom. The molecular weight excluding hydrogens is 170 g/mol. The van der Waals surface area contributed by atoms with Crippen molar-refractivity contribution in [2.75, 3.05) is 0 Å². The van der Waals surface area contributed by atoms with Crippen molar-refractivity contribution in [3.05, 3.63) is 61.2 Å². The fourth-order valence-corrected chi connectivity index (χ4v) is 1.45. The molecular formula is C13H12N. The third kappa shape index (κ3) is 1.82. The maximum Gasteiger partial charge on any atom is 0.0702 e. The molecule has 1 nitrogen and oxygen atoms in total. The van der Waals surface area contributed by atoms with Crippen molar-refractivity contribution in [3.8, 4) is 0 Å². The predicted octanol–water partition coefficient (Wildman–Crippen LogP) is 3.17. The molecule has 1 radical (unpaired) electrons. The molecule has 0 atom stereocenters. The van der Waals surface area contributed by atoms with Crippen LogP contribution >= 0.6 is 0 Å². The molecule has 0 aliphatic rings. The van der Waals surface area contributed by atoms with Gasteiger partial charge in [0, 0.05) is 11.6 Å². The first-order valence-electron chi connectivity index (χ1n) is 4.68. The van der Waals surface area contributed by atoms with E-state index < -0.39 is 0 Å². The quantitative estimate of drug-likeness (QED) is 0.695. The average Bonchev–Trinajstić information content (AvgIpc) is 2.26. The highest BCUT2D eigenvalue weighted by Crippen LogP contribution is 2.12. The van der Waals surface area contributed by atoms with Gasteiger partial charge in [-0.25, -0.2) is 0 Å². The second-order valence-corrected chi connectivity index (χ2v) is 3.21. The van der Waals surface area contributed by atoms with Crippen LogP contribution in [0.15, 0.2) is 48.7 Å². The van der Waals surface area contributed by atoms with Crippen LogP contribution in [0.25, 0.3) is 10.9 Å². The zero-order valence-corrected chi connectivity index (χ0v) is 7.98. The first-order valence-corrected chi connectivity index (χ1v) is 4.68. The smallest absolute Gasteiger partial charge is 0.0702 e. The van der Waals surface area contributed by atoms with Gasteiger partial charge in [0.05, 0.1) is 5.52 Å². The zero-order chi connectivity index (χ0) is 9.80. The van der Waals surface area contributed by atoms with E-state index in [2.05, 4.69) is 24.0 Å². The summed E-state index contributed by atoms with van der Waals surface area (Å²) in [6.07, 6.45) is 6.67. The Morgan fingerprint density at radius 1 is 1.29 bits per heavy atom. The molecule has 0 unspecified atom stereocenters. The zero-order valence-electron chi connectivity index (χ0n) is 7.98. The Bertz CT molecular complexity index is 457. The number of hydrogen-bond donors (Lipinski definition) is 0. The number of benzene rings is 1. The van der Waals surface area contributed by atoms with E-state index in [9.17, 15) is 0 Å². The summed E-state index contributed by atoms with van der Waals surface area (Å²) in [7, 11) is 0. The minimum Gasteiger partial charge on any atom is -0.256 e. The standard InChI is InChI=1S/C13H12N/c1-2-3-6-11-9-12-7-4-5-8-13(12)14-10-11/h2-5,7-10H,1,6H2/b3-2+. The van der Waals surface area contributed by atoms with Gasteiger partial charge in [0.2, 0.25) is 0 Å². The monoisotopic (exact) mass is 182 g/mol. The van der Waals surface area contributed by atoms with Crippen LogP contribution in [-0.4, -0.2) is 4.98 Å². The van der Waals surface area contributed by atoms with Gasteiger partial charge >= 0.3 is 0 Å². The van der Waals surface area contributed by atoms with E-state index in [4.69, 9.17) is 0 Å². The predicted molar refractivity (Wildman–Crippen MR) is 59.9 cm³/mol. The van der Waals surface area contributed by atoms with E-state index in [-0.39, 0.29) is 0 Å². The molecule has 1 heteroatoms. The van der Waals surface area contributed by atoms with Gasteiger partial charge in [-0.2, -0.15) is 0 Å². The lowest BCUT2D eigenvalue weighted by Crippen LogP contribution is -1.84. The van der Waals surface area contributed by atoms with Crippen LogP contribution in [0, 0.1) is 6.92 Å². The van der Waals surface area contributed by atoms with Gasteiger partial charge in [-0.15, -0.1) is 0 Å². The van der Waals surface area contributed by atoms with E-state index in [1.54, 1.807) is 0 Å². The second-order valence-electron chi connectivity index (χ2n) is 3.21. The molecule has 0 amide bonds. The molecule has 1 aromatic heterocycles. The van der Waals surface area contributed by atoms with Gasteiger partial charge in [-0.3, -0.25) is 4.98 Å². The number of aromatic nitrogens is 1. The number of rotatable bonds is 2. The van der Waals surface area contributed by atoms with E-state index in [0.717, 1.165) is 11.9 Å². The molecule has 0 bridgehead atoms. The van der Waals surface area contributed by atoms with Crippen LogP contribution in [0.3, 0.4) is 0 Å². The van der Waals surface area contributed by atoms with Crippen LogP contribution < -0.4 is 0 Å². The summed E-state index contributed by atoms with van der Waals surface area (Å²) in [6.45, 7) is 3.66. The minimum atomic E-state index is 0.904. The summed E-state index contributed by atoms with van der Waals surface area (Å²) in [5.74, 6) is 0. The fourth-order valence-electron chi connectivity index (χ4n) is 1.45. The van der Waals surface area contributed by atoms with Crippen LogP contribution in [0.5, 0.6) is 0 Å². The van der Waals surface area contributed by atoms with Gasteiger partial charge in [-0.1, -0.05) is 30.4 Å². The summed E-state index contributed by atoms with van der Waals surface area (Å²) in [5.41, 5.74) is 2.28. The summed E-state index contributed by atoms with van der Waals surface area (Å²) in [5, 5.41) is 1.20. The molecule has 2 rings (SSSR count). The molecule has 0 N–H and O–H groups in total. The lowest BCUT2D eigenvalue weighted by Gasteiger charge is -1.99. The number of allylic oxidation sites excluding steroid dienone is 2. The van der Waals surface area contributed by atoms with E-state index >= 15 is 0 Å². The third-order valence-electron chi connectivity index (χ3n) is 2.17. The first-order chi connectivity index (χ1) is 6.90. The first kappa shape index (κ1) is 8.95. The second kappa shape index (κ2) is 4.05. The largest absolute Gasteiger partial charge is 0.256 e. The van der Waals surface area contributed by atoms with Gasteiger partial charge < -0.3 is 0 Å². The maximum absolute atomic E-state index is 4.38. The Kier molecular flexibility index (Phi) is 2.59. The SMILES string of the molecule is [CH2]/C=C/Cc1cnc2ccccc2c1. The van der Waals surface area contributed by atoms with Gasteiger partial charge in [-0.05, 0) is 31.0 Å². The summed E-state index contributed by atoms with van der Waals surface area (Å²) in [4.78, 5) is 4.38. The highest BCUT2D eigenvalue weighted by atomic mass is 14.6. The third-order valence-corrected chi connectivity index (χ3v) is 2.17. The summed E-state index contributed by atoms with van der Waals surface area (Å²) < 4.78 is 0. The van der Waals surface area contributed by atoms with Crippen molar-refractivity contribution >= 4 is 10.9 Å². The molecule has 1 heterocycles. The molecule has 14 heavy (non-hydrogen) atoms. The van der Waals surface area contributed by atoms with Crippen molar-refractivity contribution in [1.82, 2.24) is 4.98 Å². The average molecular weight is 182 g/mol. The molecule has 0 aliphatic heterocycles. The van der Waals surface area contributed by atoms with E-state index in [0.29, 0.717) is 0 Å². The minimum absolute atomic E-state index is 0.904. The van der Waals surface area contributed by atoms with Crippen LogP contribution in [0.1, 0.15) is 5.56 Å². The molecule has 0 saturated heterocycles. The summed E-state index contributed by atoms with van der Waals surface area (Å²) >= 11 is 0. The molecule has 0 aliphatic carbocycles. The summed E-state index contributed by atoms with van der Waals surface area (Å²) in [6, 6.07) is 10.3. The molecule has 0 saturated carbocycles. The lowest BCUT2D eigenvalue weighted by atomic mass is 10.1. The maximum atomic E-state index is 4.38. The Labute approximate surface area is 84.1 Å². The van der Waals surface area contributed by atoms with Crippen molar-refractivity contribution in [3.63, 3.8) is 0 Å².